The van der Waals surface area contributed by atoms with Gasteiger partial charge in [-0.1, -0.05) is 6.07 Å². The zero-order valence-electron chi connectivity index (χ0n) is 13.1. The summed E-state index contributed by atoms with van der Waals surface area (Å²) in [7, 11) is 0. The molecule has 1 amide bonds. The van der Waals surface area contributed by atoms with Crippen LogP contribution in [0.1, 0.15) is 58.4 Å². The lowest BCUT2D eigenvalue weighted by Gasteiger charge is -2.31. The summed E-state index contributed by atoms with van der Waals surface area (Å²) >= 11 is 0. The van der Waals surface area contributed by atoms with Gasteiger partial charge in [-0.2, -0.15) is 0 Å². The van der Waals surface area contributed by atoms with Gasteiger partial charge in [0.25, 0.3) is 5.91 Å². The van der Waals surface area contributed by atoms with E-state index in [2.05, 4.69) is 0 Å². The number of carbonyl (C=O) groups is 3. The fraction of sp³-hybridized carbons (Fsp3) is 0.500. The number of amides is 1. The summed E-state index contributed by atoms with van der Waals surface area (Å²) in [5, 5.41) is 9.15. The number of nitrogens with zero attached hydrogens (tertiary/aromatic N) is 1. The number of aryl methyl sites for hydroxylation is 1. The summed E-state index contributed by atoms with van der Waals surface area (Å²) in [4.78, 5) is 37.5. The van der Waals surface area contributed by atoms with Crippen molar-refractivity contribution in [2.75, 3.05) is 13.1 Å². The number of hydrogen-bond acceptors (Lipinski definition) is 3. The van der Waals surface area contributed by atoms with Crippen molar-refractivity contribution in [3.05, 3.63) is 34.9 Å². The van der Waals surface area contributed by atoms with Crippen LogP contribution in [0.4, 0.5) is 0 Å². The molecule has 2 aliphatic rings. The third-order valence-corrected chi connectivity index (χ3v) is 4.81. The van der Waals surface area contributed by atoms with Gasteiger partial charge >= 0.3 is 5.97 Å². The predicted molar refractivity (Wildman–Crippen MR) is 84.6 cm³/mol. The fourth-order valence-corrected chi connectivity index (χ4v) is 3.49. The second-order valence-corrected chi connectivity index (χ2v) is 6.43. The Morgan fingerprint density at radius 1 is 1.13 bits per heavy atom. The number of likely N-dealkylation sites (tertiary alicyclic amines) is 1. The Hall–Kier alpha value is -2.17. The highest BCUT2D eigenvalue weighted by Crippen LogP contribution is 2.24. The van der Waals surface area contributed by atoms with Crippen molar-refractivity contribution >= 4 is 17.7 Å². The van der Waals surface area contributed by atoms with Gasteiger partial charge in [0.15, 0.2) is 5.78 Å². The number of aliphatic carboxylic acids is 1. The Bertz CT molecular complexity index is 652. The van der Waals surface area contributed by atoms with E-state index in [4.69, 9.17) is 5.11 Å². The van der Waals surface area contributed by atoms with Crippen LogP contribution in [0.5, 0.6) is 0 Å². The highest BCUT2D eigenvalue weighted by atomic mass is 16.4. The summed E-state index contributed by atoms with van der Waals surface area (Å²) in [5.41, 5.74) is 2.25. The second kappa shape index (κ2) is 6.52. The molecule has 1 heterocycles. The summed E-state index contributed by atoms with van der Waals surface area (Å²) in [5.74, 6) is -1.29. The van der Waals surface area contributed by atoms with Crippen LogP contribution in [0, 0.1) is 5.92 Å². The van der Waals surface area contributed by atoms with Crippen LogP contribution in [-0.4, -0.2) is 40.8 Å². The molecule has 3 rings (SSSR count). The number of piperidine rings is 1. The predicted octanol–water partition coefficient (Wildman–Crippen LogP) is 2.53. The van der Waals surface area contributed by atoms with E-state index in [1.165, 1.54) is 0 Å². The zero-order valence-corrected chi connectivity index (χ0v) is 13.1. The Labute approximate surface area is 135 Å². The van der Waals surface area contributed by atoms with Crippen molar-refractivity contribution < 1.29 is 19.5 Å². The molecule has 0 bridgehead atoms. The van der Waals surface area contributed by atoms with E-state index < -0.39 is 11.9 Å². The number of rotatable bonds is 2. The highest BCUT2D eigenvalue weighted by Gasteiger charge is 2.29. The first-order valence-electron chi connectivity index (χ1n) is 8.24. The largest absolute Gasteiger partial charge is 0.481 e. The Balaban J connectivity index is 1.81. The van der Waals surface area contributed by atoms with Gasteiger partial charge in [-0.15, -0.1) is 0 Å². The molecule has 1 saturated heterocycles. The van der Waals surface area contributed by atoms with Gasteiger partial charge in [-0.25, -0.2) is 0 Å². The van der Waals surface area contributed by atoms with Crippen LogP contribution >= 0.6 is 0 Å². The van der Waals surface area contributed by atoms with E-state index in [0.29, 0.717) is 31.4 Å². The molecule has 1 fully saturated rings. The number of hydrogen-bond donors (Lipinski definition) is 1. The van der Waals surface area contributed by atoms with Gasteiger partial charge in [0.2, 0.25) is 0 Å². The smallest absolute Gasteiger partial charge is 0.308 e. The van der Waals surface area contributed by atoms with E-state index in [1.807, 2.05) is 6.07 Å². The van der Waals surface area contributed by atoms with Crippen molar-refractivity contribution in [2.45, 2.75) is 38.5 Å². The Morgan fingerprint density at radius 3 is 2.70 bits per heavy atom. The summed E-state index contributed by atoms with van der Waals surface area (Å²) in [6.45, 7) is 0.864. The number of carboxylic acids is 1. The van der Waals surface area contributed by atoms with Gasteiger partial charge in [-0.3, -0.25) is 14.4 Å². The van der Waals surface area contributed by atoms with Gasteiger partial charge < -0.3 is 10.0 Å². The molecular formula is C18H21NO4. The zero-order chi connectivity index (χ0) is 16.4. The number of Topliss-reactive ketones (excluding diaryl/α,β-unsaturated/α-hetero) is 1. The van der Waals surface area contributed by atoms with Gasteiger partial charge in [0.05, 0.1) is 5.92 Å². The minimum atomic E-state index is -0.838. The minimum Gasteiger partial charge on any atom is -0.481 e. The first-order valence-corrected chi connectivity index (χ1v) is 8.24. The van der Waals surface area contributed by atoms with Gasteiger partial charge in [0.1, 0.15) is 0 Å². The van der Waals surface area contributed by atoms with Crippen molar-refractivity contribution in [1.29, 1.82) is 0 Å². The molecule has 0 aromatic heterocycles. The van der Waals surface area contributed by atoms with E-state index in [1.54, 1.807) is 17.0 Å². The normalized spacial score (nSPS) is 21.5. The topological polar surface area (TPSA) is 74.7 Å². The monoisotopic (exact) mass is 315 g/mol. The van der Waals surface area contributed by atoms with E-state index >= 15 is 0 Å². The second-order valence-electron chi connectivity index (χ2n) is 6.43. The molecule has 1 atom stereocenters. The molecule has 1 N–H and O–H groups in total. The quantitative estimate of drug-likeness (QED) is 0.851. The van der Waals surface area contributed by atoms with E-state index in [-0.39, 0.29) is 18.2 Å². The molecule has 1 unspecified atom stereocenters. The summed E-state index contributed by atoms with van der Waals surface area (Å²) in [6, 6.07) is 5.29. The number of benzene rings is 1. The molecule has 5 nitrogen and oxygen atoms in total. The lowest BCUT2D eigenvalue weighted by molar-refractivity contribution is -0.143. The highest BCUT2D eigenvalue weighted by molar-refractivity contribution is 6.00. The first-order chi connectivity index (χ1) is 11.1. The molecule has 23 heavy (non-hydrogen) atoms. The third-order valence-electron chi connectivity index (χ3n) is 4.81. The average molecular weight is 315 g/mol. The molecule has 1 aliphatic heterocycles. The third kappa shape index (κ3) is 3.28. The van der Waals surface area contributed by atoms with Gasteiger partial charge in [-0.05, 0) is 49.8 Å². The standard InChI is InChI=1S/C18H21NO4/c20-16-6-2-1-4-12-10-13(7-8-15(12)16)17(21)19-9-3-5-14(11-19)18(22)23/h7-8,10,14H,1-6,9,11H2,(H,22,23). The molecule has 5 heteroatoms. The van der Waals surface area contributed by atoms with E-state index in [9.17, 15) is 14.4 Å². The molecule has 1 aromatic carbocycles. The van der Waals surface area contributed by atoms with E-state index in [0.717, 1.165) is 30.4 Å². The number of fused-ring (bicyclic) bond motifs is 1. The fourth-order valence-electron chi connectivity index (χ4n) is 3.49. The number of carboxylic acid groups (broad SMARTS) is 1. The molecule has 1 aromatic rings. The molecule has 0 radical (unpaired) electrons. The SMILES string of the molecule is O=C1CCCCc2cc(C(=O)N3CCCC(C(=O)O)C3)ccc21. The Kier molecular flexibility index (Phi) is 4.46. The van der Waals surface area contributed by atoms with Crippen LogP contribution in [0.25, 0.3) is 0 Å². The summed E-state index contributed by atoms with van der Waals surface area (Å²) in [6.07, 6.45) is 4.58. The minimum absolute atomic E-state index is 0.129. The Morgan fingerprint density at radius 2 is 1.91 bits per heavy atom. The molecule has 0 spiro atoms. The van der Waals surface area contributed by atoms with Crippen LogP contribution in [0.3, 0.4) is 0 Å². The van der Waals surface area contributed by atoms with Crippen LogP contribution in [0.15, 0.2) is 18.2 Å². The van der Waals surface area contributed by atoms with Crippen LogP contribution in [0.2, 0.25) is 0 Å². The van der Waals surface area contributed by atoms with Crippen LogP contribution in [-0.2, 0) is 11.2 Å². The lowest BCUT2D eigenvalue weighted by atomic mass is 9.96. The maximum absolute atomic E-state index is 12.7. The van der Waals surface area contributed by atoms with Crippen LogP contribution < -0.4 is 0 Å². The first kappa shape index (κ1) is 15.7. The summed E-state index contributed by atoms with van der Waals surface area (Å²) < 4.78 is 0. The van der Waals surface area contributed by atoms with Crippen molar-refractivity contribution in [3.63, 3.8) is 0 Å². The van der Waals surface area contributed by atoms with Gasteiger partial charge in [0, 0.05) is 30.6 Å². The maximum Gasteiger partial charge on any atom is 0.308 e. The maximum atomic E-state index is 12.7. The molecular weight excluding hydrogens is 294 g/mol. The molecule has 1 aliphatic carbocycles. The van der Waals surface area contributed by atoms with Crippen molar-refractivity contribution in [3.8, 4) is 0 Å². The van der Waals surface area contributed by atoms with Crippen molar-refractivity contribution in [1.82, 2.24) is 4.90 Å². The van der Waals surface area contributed by atoms with Crippen molar-refractivity contribution in [2.24, 2.45) is 5.92 Å². The molecule has 122 valence electrons. The number of carbonyl (C=O) groups excluding carboxylic acids is 2. The average Bonchev–Trinajstić information content (AvgIpc) is 2.75. The number of ketones is 1. The lowest BCUT2D eigenvalue weighted by Crippen LogP contribution is -2.42. The molecule has 0 saturated carbocycles.